The Kier molecular flexibility index (Phi) is 5.31. The van der Waals surface area contributed by atoms with Crippen molar-refractivity contribution in [3.63, 3.8) is 0 Å². The minimum absolute atomic E-state index is 0.00831. The Labute approximate surface area is 193 Å². The van der Waals surface area contributed by atoms with Crippen LogP contribution in [0.4, 0.5) is 20.2 Å². The Morgan fingerprint density at radius 1 is 1.03 bits per heavy atom. The van der Waals surface area contributed by atoms with Gasteiger partial charge in [-0.3, -0.25) is 14.7 Å². The van der Waals surface area contributed by atoms with Crippen LogP contribution >= 0.6 is 0 Å². The molecule has 0 unspecified atom stereocenters. The quantitative estimate of drug-likeness (QED) is 0.368. The van der Waals surface area contributed by atoms with Gasteiger partial charge in [-0.1, -0.05) is 6.07 Å². The lowest BCUT2D eigenvalue weighted by Crippen LogP contribution is -2.35. The number of hydrogen-bond donors (Lipinski definition) is 3. The molecule has 0 bridgehead atoms. The van der Waals surface area contributed by atoms with E-state index < -0.39 is 28.9 Å². The van der Waals surface area contributed by atoms with E-state index in [1.54, 1.807) is 12.3 Å². The number of aromatic amines is 1. The predicted molar refractivity (Wildman–Crippen MR) is 123 cm³/mol. The fourth-order valence-corrected chi connectivity index (χ4v) is 4.02. The molecule has 9 heteroatoms. The number of pyridine rings is 1. The molecule has 0 radical (unpaired) electrons. The number of H-pyrrole nitrogens is 1. The first kappa shape index (κ1) is 21.7. The number of amides is 2. The monoisotopic (exact) mass is 461 g/mol. The fraction of sp³-hybridized carbons (Fsp3) is 0.200. The smallest absolute Gasteiger partial charge is 0.240 e. The van der Waals surface area contributed by atoms with Crippen LogP contribution in [0.2, 0.25) is 0 Å². The van der Waals surface area contributed by atoms with Gasteiger partial charge in [-0.15, -0.1) is 0 Å². The maximum Gasteiger partial charge on any atom is 0.240 e. The average Bonchev–Trinajstić information content (AvgIpc) is 3.55. The molecule has 2 aromatic heterocycles. The molecule has 1 fully saturated rings. The molecule has 2 amide bonds. The zero-order chi connectivity index (χ0) is 23.9. The van der Waals surface area contributed by atoms with Crippen LogP contribution in [0.3, 0.4) is 0 Å². The highest BCUT2D eigenvalue weighted by Crippen LogP contribution is 2.47. The van der Waals surface area contributed by atoms with E-state index in [1.807, 2.05) is 13.0 Å². The molecule has 0 atom stereocenters. The fourth-order valence-electron chi connectivity index (χ4n) is 4.02. The van der Waals surface area contributed by atoms with Crippen molar-refractivity contribution in [3.8, 4) is 0 Å². The molecular formula is C25H21F2N5O2. The molecule has 4 aromatic rings. The number of fused-ring (bicyclic) bond motifs is 1. The third kappa shape index (κ3) is 4.00. The lowest BCUT2D eigenvalue weighted by atomic mass is 10.0. The Balaban J connectivity index is 1.29. The molecule has 0 spiro atoms. The first-order valence-electron chi connectivity index (χ1n) is 10.8. The van der Waals surface area contributed by atoms with Gasteiger partial charge in [-0.25, -0.2) is 13.8 Å². The minimum Gasteiger partial charge on any atom is -0.325 e. The second-order valence-corrected chi connectivity index (χ2v) is 8.51. The van der Waals surface area contributed by atoms with E-state index in [-0.39, 0.29) is 5.69 Å². The van der Waals surface area contributed by atoms with Gasteiger partial charge in [0.1, 0.15) is 17.0 Å². The number of benzene rings is 2. The highest BCUT2D eigenvalue weighted by atomic mass is 19.1. The van der Waals surface area contributed by atoms with Gasteiger partial charge in [0.2, 0.25) is 11.8 Å². The molecule has 34 heavy (non-hydrogen) atoms. The number of nitrogens with zero attached hydrogens (tertiary/aromatic N) is 2. The van der Waals surface area contributed by atoms with Gasteiger partial charge in [0, 0.05) is 23.0 Å². The maximum atomic E-state index is 14.9. The first-order valence-corrected chi connectivity index (χ1v) is 10.8. The third-order valence-electron chi connectivity index (χ3n) is 6.12. The Hall–Kier alpha value is -4.14. The predicted octanol–water partition coefficient (Wildman–Crippen LogP) is 4.49. The number of rotatable bonds is 6. The highest BCUT2D eigenvalue weighted by Gasteiger charge is 2.56. The van der Waals surface area contributed by atoms with Crippen molar-refractivity contribution in [2.45, 2.75) is 26.2 Å². The number of carbonyl (C=O) groups excluding carboxylic acids is 2. The van der Waals surface area contributed by atoms with Crippen molar-refractivity contribution in [3.05, 3.63) is 83.2 Å². The number of halogens is 2. The molecule has 1 aliphatic carbocycles. The number of aromatic nitrogens is 3. The summed E-state index contributed by atoms with van der Waals surface area (Å²) in [4.78, 5) is 29.8. The van der Waals surface area contributed by atoms with Crippen molar-refractivity contribution in [2.24, 2.45) is 5.41 Å². The van der Waals surface area contributed by atoms with Crippen LogP contribution in [0.25, 0.3) is 11.0 Å². The molecule has 5 rings (SSSR count). The summed E-state index contributed by atoms with van der Waals surface area (Å²) in [5.74, 6) is -2.08. The van der Waals surface area contributed by atoms with Gasteiger partial charge >= 0.3 is 0 Å². The number of anilines is 2. The molecule has 172 valence electrons. The molecule has 0 aliphatic heterocycles. The second kappa shape index (κ2) is 8.33. The Morgan fingerprint density at radius 3 is 2.47 bits per heavy atom. The number of aryl methyl sites for hydroxylation is 1. The van der Waals surface area contributed by atoms with Crippen molar-refractivity contribution in [2.75, 3.05) is 10.6 Å². The van der Waals surface area contributed by atoms with Crippen molar-refractivity contribution >= 4 is 34.2 Å². The van der Waals surface area contributed by atoms with Crippen molar-refractivity contribution in [1.29, 1.82) is 0 Å². The van der Waals surface area contributed by atoms with Gasteiger partial charge in [0.05, 0.1) is 5.69 Å². The first-order chi connectivity index (χ1) is 16.4. The van der Waals surface area contributed by atoms with Gasteiger partial charge in [0.25, 0.3) is 0 Å². The van der Waals surface area contributed by atoms with E-state index in [0.717, 1.165) is 22.2 Å². The van der Waals surface area contributed by atoms with E-state index in [2.05, 4.69) is 25.8 Å². The van der Waals surface area contributed by atoms with E-state index in [1.165, 1.54) is 36.4 Å². The van der Waals surface area contributed by atoms with Gasteiger partial charge in [0.15, 0.2) is 5.65 Å². The summed E-state index contributed by atoms with van der Waals surface area (Å²) in [5.41, 5.74) is 2.30. The lowest BCUT2D eigenvalue weighted by molar-refractivity contribution is -0.131. The molecule has 2 heterocycles. The summed E-state index contributed by atoms with van der Waals surface area (Å²) in [7, 11) is 0. The second-order valence-electron chi connectivity index (χ2n) is 8.51. The minimum atomic E-state index is -1.26. The number of carbonyl (C=O) groups is 2. The molecular weight excluding hydrogens is 440 g/mol. The lowest BCUT2D eigenvalue weighted by Gasteiger charge is -2.16. The molecule has 2 aromatic carbocycles. The zero-order valence-electron chi connectivity index (χ0n) is 18.3. The summed E-state index contributed by atoms with van der Waals surface area (Å²) < 4.78 is 27.9. The largest absolute Gasteiger partial charge is 0.325 e. The number of nitrogens with one attached hydrogen (secondary N) is 3. The van der Waals surface area contributed by atoms with Crippen LogP contribution in [-0.4, -0.2) is 27.0 Å². The molecule has 0 saturated heterocycles. The summed E-state index contributed by atoms with van der Waals surface area (Å²) in [6.45, 7) is 1.90. The zero-order valence-corrected chi connectivity index (χ0v) is 18.3. The van der Waals surface area contributed by atoms with Crippen molar-refractivity contribution < 1.29 is 18.4 Å². The normalized spacial score (nSPS) is 14.1. The van der Waals surface area contributed by atoms with Crippen molar-refractivity contribution in [1.82, 2.24) is 15.2 Å². The van der Waals surface area contributed by atoms with Gasteiger partial charge < -0.3 is 10.6 Å². The van der Waals surface area contributed by atoms with Crippen LogP contribution in [0.15, 0.2) is 54.7 Å². The molecule has 3 N–H and O–H groups in total. The van der Waals surface area contributed by atoms with Crippen LogP contribution in [-0.2, 0) is 16.0 Å². The SMILES string of the molecule is Cc1[nH]nc2nccc(Cc3ccc(NC(=O)C4(C(=O)Nc5ccc(F)cc5)CC4)c(F)c3)c12. The molecule has 1 saturated carbocycles. The van der Waals surface area contributed by atoms with E-state index in [4.69, 9.17) is 0 Å². The Bertz CT molecular complexity index is 1410. The topological polar surface area (TPSA) is 99.8 Å². The standard InChI is InChI=1S/C25H21F2N5O2/c1-14-21-16(8-11-28-22(21)32-31-14)12-15-2-7-20(19(27)13-15)30-24(34)25(9-10-25)23(33)29-18-5-3-17(26)4-6-18/h2-8,11,13H,9-10,12H2,1H3,(H,29,33)(H,30,34)(H,28,31,32). The van der Waals surface area contributed by atoms with Gasteiger partial charge in [-0.05, 0) is 79.8 Å². The van der Waals surface area contributed by atoms with Gasteiger partial charge in [-0.2, -0.15) is 5.10 Å². The van der Waals surface area contributed by atoms with Crippen LogP contribution in [0.1, 0.15) is 29.7 Å². The highest BCUT2D eigenvalue weighted by molar-refractivity contribution is 6.16. The molecule has 1 aliphatic rings. The average molecular weight is 461 g/mol. The van der Waals surface area contributed by atoms with Crippen LogP contribution < -0.4 is 10.6 Å². The summed E-state index contributed by atoms with van der Waals surface area (Å²) in [6, 6.07) is 11.7. The Morgan fingerprint density at radius 2 is 1.76 bits per heavy atom. The summed E-state index contributed by atoms with van der Waals surface area (Å²) in [5, 5.41) is 13.2. The summed E-state index contributed by atoms with van der Waals surface area (Å²) >= 11 is 0. The van der Waals surface area contributed by atoms with E-state index >= 15 is 0 Å². The van der Waals surface area contributed by atoms with E-state index in [9.17, 15) is 18.4 Å². The van der Waals surface area contributed by atoms with E-state index in [0.29, 0.717) is 30.6 Å². The molecule has 7 nitrogen and oxygen atoms in total. The number of hydrogen-bond acceptors (Lipinski definition) is 4. The van der Waals surface area contributed by atoms with Crippen LogP contribution in [0, 0.1) is 24.0 Å². The third-order valence-corrected chi connectivity index (χ3v) is 6.12. The maximum absolute atomic E-state index is 14.9. The van der Waals surface area contributed by atoms with Crippen LogP contribution in [0.5, 0.6) is 0 Å². The summed E-state index contributed by atoms with van der Waals surface area (Å²) in [6.07, 6.45) is 2.84.